The molecular formula is C22H30N4O7S. The number of azo groups is 1. The maximum absolute atomic E-state index is 12.9. The summed E-state index contributed by atoms with van der Waals surface area (Å²) in [4.78, 5) is 12.5. The Bertz CT molecular complexity index is 1190. The Kier molecular flexibility index (Phi) is 8.91. The second kappa shape index (κ2) is 11.7. The smallest absolute Gasteiger partial charge is 0.256 e. The third kappa shape index (κ3) is 6.07. The van der Waals surface area contributed by atoms with Crippen molar-refractivity contribution in [3.63, 3.8) is 0 Å². The van der Waals surface area contributed by atoms with Crippen molar-refractivity contribution >= 4 is 21.4 Å². The van der Waals surface area contributed by atoms with Gasteiger partial charge < -0.3 is 19.7 Å². The summed E-state index contributed by atoms with van der Waals surface area (Å²) in [6.45, 7) is 4.12. The molecule has 0 amide bonds. The lowest BCUT2D eigenvalue weighted by molar-refractivity contribution is 0.0854. The first-order valence-corrected chi connectivity index (χ1v) is 12.5. The molecule has 34 heavy (non-hydrogen) atoms. The quantitative estimate of drug-likeness (QED) is 0.319. The zero-order chi connectivity index (χ0) is 24.7. The van der Waals surface area contributed by atoms with E-state index in [0.717, 1.165) is 17.4 Å². The number of aliphatic hydroxyl groups is 1. The number of sulfonamides is 1. The van der Waals surface area contributed by atoms with Crippen LogP contribution in [-0.4, -0.2) is 62.3 Å². The Hall–Kier alpha value is -2.64. The first-order chi connectivity index (χ1) is 16.3. The van der Waals surface area contributed by atoms with E-state index in [0.29, 0.717) is 17.7 Å². The van der Waals surface area contributed by atoms with Crippen molar-refractivity contribution in [2.45, 2.75) is 44.2 Å². The van der Waals surface area contributed by atoms with Crippen LogP contribution in [0.25, 0.3) is 0 Å². The van der Waals surface area contributed by atoms with Gasteiger partial charge in [-0.05, 0) is 44.4 Å². The zero-order valence-corrected chi connectivity index (χ0v) is 20.0. The molecule has 2 heterocycles. The number of pyridine rings is 1. The first kappa shape index (κ1) is 26.0. The molecule has 0 spiro atoms. The van der Waals surface area contributed by atoms with Gasteiger partial charge in [0.15, 0.2) is 0 Å². The van der Waals surface area contributed by atoms with Gasteiger partial charge in [-0.3, -0.25) is 9.36 Å². The lowest BCUT2D eigenvalue weighted by Crippen LogP contribution is -2.31. The number of aromatic hydroxyl groups is 1. The average molecular weight is 495 g/mol. The van der Waals surface area contributed by atoms with Crippen molar-refractivity contribution in [1.29, 1.82) is 0 Å². The predicted molar refractivity (Wildman–Crippen MR) is 125 cm³/mol. The summed E-state index contributed by atoms with van der Waals surface area (Å²) in [7, 11) is -3.88. The van der Waals surface area contributed by atoms with Crippen LogP contribution in [0.15, 0.2) is 44.2 Å². The van der Waals surface area contributed by atoms with Gasteiger partial charge in [-0.25, -0.2) is 13.1 Å². The Morgan fingerprint density at radius 1 is 1.21 bits per heavy atom. The second-order valence-electron chi connectivity index (χ2n) is 7.87. The molecule has 0 aliphatic carbocycles. The molecule has 3 N–H and O–H groups in total. The molecular weight excluding hydrogens is 464 g/mol. The highest BCUT2D eigenvalue weighted by Crippen LogP contribution is 2.33. The van der Waals surface area contributed by atoms with Crippen LogP contribution in [0, 0.1) is 13.8 Å². The Morgan fingerprint density at radius 3 is 2.68 bits per heavy atom. The average Bonchev–Trinajstić information content (AvgIpc) is 3.35. The molecule has 1 aliphatic rings. The molecule has 0 saturated carbocycles. The molecule has 0 radical (unpaired) electrons. The Balaban J connectivity index is 1.89. The summed E-state index contributed by atoms with van der Waals surface area (Å²) >= 11 is 0. The number of benzene rings is 1. The van der Waals surface area contributed by atoms with Crippen molar-refractivity contribution in [1.82, 2.24) is 9.29 Å². The highest BCUT2D eigenvalue weighted by molar-refractivity contribution is 7.89. The van der Waals surface area contributed by atoms with E-state index >= 15 is 0 Å². The molecule has 1 aromatic heterocycles. The van der Waals surface area contributed by atoms with E-state index < -0.39 is 21.5 Å². The van der Waals surface area contributed by atoms with Crippen molar-refractivity contribution in [3.8, 4) is 5.88 Å². The predicted octanol–water partition coefficient (Wildman–Crippen LogP) is 2.05. The summed E-state index contributed by atoms with van der Waals surface area (Å²) < 4.78 is 40.1. The first-order valence-electron chi connectivity index (χ1n) is 11.0. The van der Waals surface area contributed by atoms with Gasteiger partial charge in [0.25, 0.3) is 5.56 Å². The normalized spacial score (nSPS) is 16.5. The van der Waals surface area contributed by atoms with Gasteiger partial charge in [-0.2, -0.15) is 0 Å². The molecule has 1 saturated heterocycles. The number of hydrogen-bond donors (Lipinski definition) is 3. The van der Waals surface area contributed by atoms with E-state index in [-0.39, 0.29) is 55.3 Å². The number of ether oxygens (including phenoxy) is 2. The third-order valence-electron chi connectivity index (χ3n) is 5.58. The largest absolute Gasteiger partial charge is 0.493 e. The zero-order valence-electron chi connectivity index (χ0n) is 19.2. The van der Waals surface area contributed by atoms with Crippen LogP contribution in [0.2, 0.25) is 0 Å². The van der Waals surface area contributed by atoms with Gasteiger partial charge in [0, 0.05) is 18.7 Å². The van der Waals surface area contributed by atoms with E-state index in [4.69, 9.17) is 14.6 Å². The van der Waals surface area contributed by atoms with E-state index in [1.54, 1.807) is 26.0 Å². The minimum absolute atomic E-state index is 0.0480. The summed E-state index contributed by atoms with van der Waals surface area (Å²) in [5, 5.41) is 27.7. The Morgan fingerprint density at radius 2 is 1.97 bits per heavy atom. The number of hydrogen-bond acceptors (Lipinski definition) is 9. The van der Waals surface area contributed by atoms with E-state index in [1.165, 1.54) is 12.1 Å². The lowest BCUT2D eigenvalue weighted by atomic mass is 10.1. The van der Waals surface area contributed by atoms with Crippen molar-refractivity contribution in [3.05, 3.63) is 45.7 Å². The number of nitrogens with zero attached hydrogens (tertiary/aromatic N) is 3. The number of nitrogens with one attached hydrogen (secondary N) is 1. The van der Waals surface area contributed by atoms with E-state index in [2.05, 4.69) is 15.0 Å². The fraction of sp³-hybridized carbons (Fsp3) is 0.500. The van der Waals surface area contributed by atoms with Gasteiger partial charge in [0.05, 0.1) is 32.5 Å². The van der Waals surface area contributed by atoms with Gasteiger partial charge in [-0.1, -0.05) is 12.1 Å². The number of aromatic nitrogens is 1. The summed E-state index contributed by atoms with van der Waals surface area (Å²) in [6, 6.07) is 6.13. The fourth-order valence-electron chi connectivity index (χ4n) is 3.54. The van der Waals surface area contributed by atoms with Crippen LogP contribution < -0.4 is 10.3 Å². The summed E-state index contributed by atoms with van der Waals surface area (Å²) in [5.41, 5.74) is 0.535. The lowest BCUT2D eigenvalue weighted by Gasteiger charge is -2.14. The van der Waals surface area contributed by atoms with Crippen LogP contribution in [0.3, 0.4) is 0 Å². The maximum atomic E-state index is 12.9. The monoisotopic (exact) mass is 494 g/mol. The molecule has 2 aromatic rings. The van der Waals surface area contributed by atoms with Crippen molar-refractivity contribution in [2.24, 2.45) is 10.2 Å². The van der Waals surface area contributed by atoms with Gasteiger partial charge in [0.2, 0.25) is 15.9 Å². The molecule has 1 aliphatic heterocycles. The molecule has 12 heteroatoms. The van der Waals surface area contributed by atoms with Crippen LogP contribution in [0.5, 0.6) is 5.88 Å². The third-order valence-corrected chi connectivity index (χ3v) is 7.05. The van der Waals surface area contributed by atoms with Gasteiger partial charge in [-0.15, -0.1) is 10.2 Å². The summed E-state index contributed by atoms with van der Waals surface area (Å²) in [6.07, 6.45) is 1.53. The molecule has 186 valence electrons. The number of rotatable bonds is 11. The van der Waals surface area contributed by atoms with Crippen LogP contribution >= 0.6 is 0 Å². The summed E-state index contributed by atoms with van der Waals surface area (Å²) in [5.74, 6) is -0.402. The molecule has 11 nitrogen and oxygen atoms in total. The highest BCUT2D eigenvalue weighted by atomic mass is 32.2. The molecule has 1 atom stereocenters. The molecule has 0 bridgehead atoms. The molecule has 1 fully saturated rings. The fourth-order valence-corrected chi connectivity index (χ4v) is 4.74. The topological polar surface area (TPSA) is 152 Å². The van der Waals surface area contributed by atoms with Crippen LogP contribution in [0.4, 0.5) is 11.4 Å². The van der Waals surface area contributed by atoms with Gasteiger partial charge in [0.1, 0.15) is 16.3 Å². The molecule has 3 rings (SSSR count). The van der Waals surface area contributed by atoms with Crippen LogP contribution in [0.1, 0.15) is 24.0 Å². The minimum atomic E-state index is -3.88. The minimum Gasteiger partial charge on any atom is -0.493 e. The van der Waals surface area contributed by atoms with Crippen molar-refractivity contribution in [2.75, 3.05) is 33.0 Å². The van der Waals surface area contributed by atoms with E-state index in [9.17, 15) is 18.3 Å². The SMILES string of the molecule is Cc1c(/N=N/c2ccccc2S(=O)(=O)NCC2CCCO2)c(O)n(CCOCCO)c(=O)c1C. The van der Waals surface area contributed by atoms with Gasteiger partial charge >= 0.3 is 0 Å². The van der Waals surface area contributed by atoms with Crippen LogP contribution in [-0.2, 0) is 26.0 Å². The van der Waals surface area contributed by atoms with Crippen molar-refractivity contribution < 1.29 is 28.1 Å². The maximum Gasteiger partial charge on any atom is 0.256 e. The Labute approximate surface area is 198 Å². The van der Waals surface area contributed by atoms with E-state index in [1.807, 2.05) is 0 Å². The molecule has 1 unspecified atom stereocenters. The second-order valence-corrected chi connectivity index (χ2v) is 9.61. The standard InChI is InChI=1S/C22H30N4O7S/c1-15-16(2)21(28)26(9-12-32-13-10-27)22(29)20(15)25-24-18-7-3-4-8-19(18)34(30,31)23-14-17-6-5-11-33-17/h3-4,7-8,17,23,27,29H,5-6,9-14H2,1-2H3/b25-24+. The number of aliphatic hydroxyl groups excluding tert-OH is 1. The highest BCUT2D eigenvalue weighted by Gasteiger charge is 2.23. The molecule has 1 aromatic carbocycles.